The number of benzene rings is 1. The molecule has 0 atom stereocenters. The van der Waals surface area contributed by atoms with Crippen LogP contribution in [-0.4, -0.2) is 11.0 Å². The maximum Gasteiger partial charge on any atom is 0.338 e. The van der Waals surface area contributed by atoms with Crippen LogP contribution in [0.3, 0.4) is 0 Å². The molecule has 1 aromatic carbocycles. The Morgan fingerprint density at radius 2 is 1.94 bits per heavy atom. The molecule has 0 radical (unpaired) electrons. The predicted molar refractivity (Wildman–Crippen MR) is 64.5 cm³/mol. The third-order valence-corrected chi connectivity index (χ3v) is 2.36. The highest BCUT2D eigenvalue weighted by atomic mass is 16.5. The van der Waals surface area contributed by atoms with Crippen molar-refractivity contribution in [3.8, 4) is 0 Å². The molecule has 0 amide bonds. The van der Waals surface area contributed by atoms with Gasteiger partial charge < -0.3 is 4.74 Å². The van der Waals surface area contributed by atoms with Gasteiger partial charge in [-0.3, -0.25) is 4.98 Å². The smallest absolute Gasteiger partial charge is 0.338 e. The van der Waals surface area contributed by atoms with E-state index in [0.29, 0.717) is 5.56 Å². The Kier molecular flexibility index (Phi) is 3.50. The minimum absolute atomic E-state index is 0.202. The summed E-state index contributed by atoms with van der Waals surface area (Å²) in [5, 5.41) is 0. The molecule has 1 aromatic heterocycles. The molecule has 2 aromatic rings. The third-order valence-electron chi connectivity index (χ3n) is 2.36. The minimum Gasteiger partial charge on any atom is -0.456 e. The summed E-state index contributed by atoms with van der Waals surface area (Å²) in [5.74, 6) is -0.323. The molecule has 2 rings (SSSR count). The van der Waals surface area contributed by atoms with E-state index in [1.165, 1.54) is 0 Å². The highest BCUT2D eigenvalue weighted by Crippen LogP contribution is 2.06. The molecular formula is C14H13NO2. The summed E-state index contributed by atoms with van der Waals surface area (Å²) in [5.41, 5.74) is 2.42. The van der Waals surface area contributed by atoms with Crippen molar-refractivity contribution in [2.24, 2.45) is 0 Å². The van der Waals surface area contributed by atoms with Crippen molar-refractivity contribution in [1.82, 2.24) is 4.98 Å². The maximum absolute atomic E-state index is 11.7. The monoisotopic (exact) mass is 227 g/mol. The van der Waals surface area contributed by atoms with Crippen LogP contribution in [0.2, 0.25) is 0 Å². The van der Waals surface area contributed by atoms with Crippen molar-refractivity contribution >= 4 is 5.97 Å². The molecular weight excluding hydrogens is 214 g/mol. The van der Waals surface area contributed by atoms with E-state index in [2.05, 4.69) is 4.98 Å². The second-order valence-electron chi connectivity index (χ2n) is 3.76. The van der Waals surface area contributed by atoms with Crippen molar-refractivity contribution in [1.29, 1.82) is 0 Å². The van der Waals surface area contributed by atoms with Gasteiger partial charge in [-0.05, 0) is 31.2 Å². The second kappa shape index (κ2) is 5.25. The number of carbonyl (C=O) groups is 1. The normalized spacial score (nSPS) is 9.94. The number of aryl methyl sites for hydroxylation is 1. The highest BCUT2D eigenvalue weighted by molar-refractivity contribution is 5.89. The molecule has 0 unspecified atom stereocenters. The Bertz CT molecular complexity index is 491. The fourth-order valence-corrected chi connectivity index (χ4v) is 1.40. The van der Waals surface area contributed by atoms with Gasteiger partial charge in [-0.1, -0.05) is 23.8 Å². The summed E-state index contributed by atoms with van der Waals surface area (Å²) < 4.78 is 5.15. The van der Waals surface area contributed by atoms with Gasteiger partial charge in [0.25, 0.3) is 0 Å². The van der Waals surface area contributed by atoms with Gasteiger partial charge in [-0.2, -0.15) is 0 Å². The Morgan fingerprint density at radius 1 is 1.18 bits per heavy atom. The van der Waals surface area contributed by atoms with Crippen LogP contribution in [-0.2, 0) is 11.3 Å². The number of carbonyl (C=O) groups excluding carboxylic acids is 1. The van der Waals surface area contributed by atoms with Gasteiger partial charge in [-0.25, -0.2) is 4.79 Å². The van der Waals surface area contributed by atoms with Gasteiger partial charge in [0.05, 0.1) is 11.3 Å². The first kappa shape index (κ1) is 11.3. The van der Waals surface area contributed by atoms with E-state index in [1.807, 2.05) is 37.3 Å². The molecule has 17 heavy (non-hydrogen) atoms. The molecule has 0 aliphatic carbocycles. The Morgan fingerprint density at radius 3 is 2.59 bits per heavy atom. The Hall–Kier alpha value is -2.16. The fraction of sp³-hybridized carbons (Fsp3) is 0.143. The number of nitrogens with zero attached hydrogens (tertiary/aromatic N) is 1. The third kappa shape index (κ3) is 3.14. The number of rotatable bonds is 3. The van der Waals surface area contributed by atoms with E-state index in [4.69, 9.17) is 4.74 Å². The van der Waals surface area contributed by atoms with Crippen LogP contribution in [0.4, 0.5) is 0 Å². The fourth-order valence-electron chi connectivity index (χ4n) is 1.40. The topological polar surface area (TPSA) is 39.2 Å². The number of esters is 1. The van der Waals surface area contributed by atoms with Crippen LogP contribution in [0.25, 0.3) is 0 Å². The van der Waals surface area contributed by atoms with Crippen LogP contribution in [0.1, 0.15) is 21.6 Å². The van der Waals surface area contributed by atoms with Crippen LogP contribution in [0, 0.1) is 6.92 Å². The quantitative estimate of drug-likeness (QED) is 0.757. The number of hydrogen-bond donors (Lipinski definition) is 0. The van der Waals surface area contributed by atoms with Crippen molar-refractivity contribution in [2.75, 3.05) is 0 Å². The van der Waals surface area contributed by atoms with Gasteiger partial charge in [0.15, 0.2) is 0 Å². The number of hydrogen-bond acceptors (Lipinski definition) is 3. The summed E-state index contributed by atoms with van der Waals surface area (Å²) in [6, 6.07) is 12.8. The van der Waals surface area contributed by atoms with E-state index >= 15 is 0 Å². The molecule has 0 N–H and O–H groups in total. The van der Waals surface area contributed by atoms with E-state index in [9.17, 15) is 4.79 Å². The average molecular weight is 227 g/mol. The van der Waals surface area contributed by atoms with Crippen molar-refractivity contribution in [3.63, 3.8) is 0 Å². The van der Waals surface area contributed by atoms with E-state index < -0.39 is 0 Å². The summed E-state index contributed by atoms with van der Waals surface area (Å²) in [7, 11) is 0. The SMILES string of the molecule is Cc1ccc(C(=O)OCc2ccccn2)cc1. The highest BCUT2D eigenvalue weighted by Gasteiger charge is 2.06. The Balaban J connectivity index is 1.96. The van der Waals surface area contributed by atoms with Gasteiger partial charge in [0.1, 0.15) is 6.61 Å². The van der Waals surface area contributed by atoms with Crippen molar-refractivity contribution in [3.05, 3.63) is 65.5 Å². The van der Waals surface area contributed by atoms with Gasteiger partial charge in [0, 0.05) is 6.20 Å². The lowest BCUT2D eigenvalue weighted by Crippen LogP contribution is -2.05. The zero-order valence-corrected chi connectivity index (χ0v) is 9.59. The van der Waals surface area contributed by atoms with Crippen LogP contribution >= 0.6 is 0 Å². The average Bonchev–Trinajstić information content (AvgIpc) is 2.38. The summed E-state index contributed by atoms with van der Waals surface area (Å²) in [6.45, 7) is 2.18. The van der Waals surface area contributed by atoms with Gasteiger partial charge in [-0.15, -0.1) is 0 Å². The van der Waals surface area contributed by atoms with Gasteiger partial charge in [0.2, 0.25) is 0 Å². The molecule has 86 valence electrons. The standard InChI is InChI=1S/C14H13NO2/c1-11-5-7-12(8-6-11)14(16)17-10-13-4-2-3-9-15-13/h2-9H,10H2,1H3. The van der Waals surface area contributed by atoms with Crippen molar-refractivity contribution in [2.45, 2.75) is 13.5 Å². The van der Waals surface area contributed by atoms with E-state index in [-0.39, 0.29) is 12.6 Å². The molecule has 0 bridgehead atoms. The molecule has 0 aliphatic rings. The molecule has 3 nitrogen and oxygen atoms in total. The van der Waals surface area contributed by atoms with E-state index in [1.54, 1.807) is 18.3 Å². The summed E-state index contributed by atoms with van der Waals surface area (Å²) in [6.07, 6.45) is 1.68. The second-order valence-corrected chi connectivity index (χ2v) is 3.76. The largest absolute Gasteiger partial charge is 0.456 e. The molecule has 0 aliphatic heterocycles. The number of ether oxygens (including phenoxy) is 1. The maximum atomic E-state index is 11.7. The lowest BCUT2D eigenvalue weighted by molar-refractivity contribution is 0.0468. The van der Waals surface area contributed by atoms with Crippen molar-refractivity contribution < 1.29 is 9.53 Å². The molecule has 0 fully saturated rings. The zero-order chi connectivity index (χ0) is 12.1. The molecule has 0 spiro atoms. The molecule has 1 heterocycles. The summed E-state index contributed by atoms with van der Waals surface area (Å²) >= 11 is 0. The first-order valence-electron chi connectivity index (χ1n) is 5.39. The predicted octanol–water partition coefficient (Wildman–Crippen LogP) is 2.75. The lowest BCUT2D eigenvalue weighted by atomic mass is 10.1. The van der Waals surface area contributed by atoms with Crippen LogP contribution in [0.15, 0.2) is 48.7 Å². The van der Waals surface area contributed by atoms with Crippen LogP contribution < -0.4 is 0 Å². The molecule has 0 saturated carbocycles. The molecule has 3 heteroatoms. The zero-order valence-electron chi connectivity index (χ0n) is 9.59. The van der Waals surface area contributed by atoms with Gasteiger partial charge >= 0.3 is 5.97 Å². The number of aromatic nitrogens is 1. The first-order chi connectivity index (χ1) is 8.25. The number of pyridine rings is 1. The first-order valence-corrected chi connectivity index (χ1v) is 5.39. The van der Waals surface area contributed by atoms with E-state index in [0.717, 1.165) is 11.3 Å². The summed E-state index contributed by atoms with van der Waals surface area (Å²) in [4.78, 5) is 15.8. The minimum atomic E-state index is -0.323. The molecule has 0 saturated heterocycles. The lowest BCUT2D eigenvalue weighted by Gasteiger charge is -2.04. The Labute approximate surface area is 100 Å². The van der Waals surface area contributed by atoms with Crippen LogP contribution in [0.5, 0.6) is 0 Å².